The monoisotopic (exact) mass is 282 g/mol. The summed E-state index contributed by atoms with van der Waals surface area (Å²) < 4.78 is 5.08. The van der Waals surface area contributed by atoms with Crippen molar-refractivity contribution in [3.05, 3.63) is 22.4 Å². The fraction of sp³-hybridized carbons (Fsp3) is 0.643. The lowest BCUT2D eigenvalue weighted by atomic mass is 10.3. The highest BCUT2D eigenvalue weighted by Gasteiger charge is 2.27. The second-order valence-corrected chi connectivity index (χ2v) is 6.05. The van der Waals surface area contributed by atoms with E-state index in [0.29, 0.717) is 19.1 Å². The maximum atomic E-state index is 12.3. The van der Waals surface area contributed by atoms with E-state index in [9.17, 15) is 4.79 Å². The molecule has 0 saturated heterocycles. The third kappa shape index (κ3) is 4.51. The van der Waals surface area contributed by atoms with Crippen LogP contribution in [0.25, 0.3) is 0 Å². The Morgan fingerprint density at radius 3 is 3.00 bits per heavy atom. The summed E-state index contributed by atoms with van der Waals surface area (Å²) in [5.74, 6) is 0.694. The molecule has 4 nitrogen and oxygen atoms in total. The second-order valence-electron chi connectivity index (χ2n) is 5.07. The topological polar surface area (TPSA) is 41.6 Å². The number of thiophene rings is 1. The van der Waals surface area contributed by atoms with Crippen LogP contribution in [-0.2, 0) is 4.74 Å². The van der Waals surface area contributed by atoms with E-state index in [1.807, 2.05) is 23.3 Å². The lowest BCUT2D eigenvalue weighted by Crippen LogP contribution is -2.43. The van der Waals surface area contributed by atoms with E-state index in [-0.39, 0.29) is 12.1 Å². The molecule has 1 fully saturated rings. The Balaban J connectivity index is 1.86. The number of nitrogens with one attached hydrogen (secondary N) is 1. The molecule has 2 amide bonds. The van der Waals surface area contributed by atoms with Crippen molar-refractivity contribution in [1.82, 2.24) is 10.2 Å². The highest BCUT2D eigenvalue weighted by Crippen LogP contribution is 2.29. The minimum atomic E-state index is 0.0184. The summed E-state index contributed by atoms with van der Waals surface area (Å²) >= 11 is 1.67. The average Bonchev–Trinajstić information content (AvgIpc) is 3.04. The Morgan fingerprint density at radius 1 is 1.63 bits per heavy atom. The molecule has 1 heterocycles. The number of carbonyl (C=O) groups excluding carboxylic acids is 1. The van der Waals surface area contributed by atoms with Crippen LogP contribution in [0.2, 0.25) is 0 Å². The van der Waals surface area contributed by atoms with Gasteiger partial charge in [-0.2, -0.15) is 0 Å². The first-order valence-corrected chi connectivity index (χ1v) is 7.66. The molecule has 5 heteroatoms. The number of amides is 2. The Kier molecular flexibility index (Phi) is 5.22. The summed E-state index contributed by atoms with van der Waals surface area (Å²) in [5.41, 5.74) is 0. The zero-order chi connectivity index (χ0) is 13.7. The molecule has 0 bridgehead atoms. The predicted octanol–water partition coefficient (Wildman–Crippen LogP) is 2.88. The molecule has 106 valence electrons. The van der Waals surface area contributed by atoms with E-state index in [1.165, 1.54) is 17.7 Å². The maximum absolute atomic E-state index is 12.3. The highest BCUT2D eigenvalue weighted by atomic mass is 32.1. The van der Waals surface area contributed by atoms with Crippen LogP contribution in [0.4, 0.5) is 4.79 Å². The number of urea groups is 1. The molecule has 2 rings (SSSR count). The molecule has 0 aromatic carbocycles. The quantitative estimate of drug-likeness (QED) is 0.835. The van der Waals surface area contributed by atoms with Crippen LogP contribution < -0.4 is 5.32 Å². The summed E-state index contributed by atoms with van der Waals surface area (Å²) in [6, 6.07) is 4.15. The van der Waals surface area contributed by atoms with Crippen LogP contribution in [0.3, 0.4) is 0 Å². The lowest BCUT2D eigenvalue weighted by Gasteiger charge is -2.24. The fourth-order valence-electron chi connectivity index (χ4n) is 1.97. The van der Waals surface area contributed by atoms with Crippen LogP contribution in [0, 0.1) is 5.92 Å². The normalized spacial score (nSPS) is 16.1. The van der Waals surface area contributed by atoms with Crippen LogP contribution in [-0.4, -0.2) is 37.7 Å². The van der Waals surface area contributed by atoms with Crippen LogP contribution >= 0.6 is 11.3 Å². The van der Waals surface area contributed by atoms with Crippen LogP contribution in [0.5, 0.6) is 0 Å². The van der Waals surface area contributed by atoms with E-state index >= 15 is 0 Å². The number of carbonyl (C=O) groups is 1. The first kappa shape index (κ1) is 14.3. The van der Waals surface area contributed by atoms with Gasteiger partial charge in [-0.3, -0.25) is 0 Å². The van der Waals surface area contributed by atoms with E-state index in [4.69, 9.17) is 4.74 Å². The van der Waals surface area contributed by atoms with Gasteiger partial charge in [-0.1, -0.05) is 6.07 Å². The van der Waals surface area contributed by atoms with Gasteiger partial charge < -0.3 is 15.0 Å². The van der Waals surface area contributed by atoms with Crippen molar-refractivity contribution in [2.45, 2.75) is 25.8 Å². The summed E-state index contributed by atoms with van der Waals surface area (Å²) in [5, 5.41) is 5.10. The van der Waals surface area contributed by atoms with Gasteiger partial charge in [0.1, 0.15) is 0 Å². The SMILES string of the molecule is COCCN(CC1CC1)C(=O)N[C@@H](C)c1cccs1. The molecule has 0 unspecified atom stereocenters. The van der Waals surface area contributed by atoms with Crippen molar-refractivity contribution in [1.29, 1.82) is 0 Å². The van der Waals surface area contributed by atoms with Gasteiger partial charge >= 0.3 is 6.03 Å². The van der Waals surface area contributed by atoms with Gasteiger partial charge in [0, 0.05) is 25.1 Å². The van der Waals surface area contributed by atoms with Gasteiger partial charge in [-0.05, 0) is 37.1 Å². The van der Waals surface area contributed by atoms with Gasteiger partial charge in [0.2, 0.25) is 0 Å². The third-order valence-corrected chi connectivity index (χ3v) is 4.39. The number of methoxy groups -OCH3 is 1. The Bertz CT molecular complexity index is 390. The predicted molar refractivity (Wildman–Crippen MR) is 77.4 cm³/mol. The summed E-state index contributed by atoms with van der Waals surface area (Å²) in [6.07, 6.45) is 2.49. The molecule has 0 aliphatic heterocycles. The molecule has 19 heavy (non-hydrogen) atoms. The van der Waals surface area contributed by atoms with Crippen molar-refractivity contribution >= 4 is 17.4 Å². The molecular formula is C14H22N2O2S. The van der Waals surface area contributed by atoms with Crippen LogP contribution in [0.15, 0.2) is 17.5 Å². The van der Waals surface area contributed by atoms with Crippen molar-refractivity contribution in [2.75, 3.05) is 26.8 Å². The molecule has 1 N–H and O–H groups in total. The first-order valence-electron chi connectivity index (χ1n) is 6.78. The van der Waals surface area contributed by atoms with E-state index < -0.39 is 0 Å². The number of ether oxygens (including phenoxy) is 1. The third-order valence-electron chi connectivity index (χ3n) is 3.34. The Morgan fingerprint density at radius 2 is 2.42 bits per heavy atom. The average molecular weight is 282 g/mol. The molecule has 1 aromatic rings. The largest absolute Gasteiger partial charge is 0.383 e. The minimum absolute atomic E-state index is 0.0184. The molecule has 1 aliphatic rings. The number of hydrogen-bond acceptors (Lipinski definition) is 3. The number of rotatable bonds is 7. The molecule has 0 radical (unpaired) electrons. The highest BCUT2D eigenvalue weighted by molar-refractivity contribution is 7.10. The van der Waals surface area contributed by atoms with Gasteiger partial charge in [0.15, 0.2) is 0 Å². The molecule has 1 aliphatic carbocycles. The van der Waals surface area contributed by atoms with E-state index in [1.54, 1.807) is 18.4 Å². The van der Waals surface area contributed by atoms with Crippen molar-refractivity contribution in [3.8, 4) is 0 Å². The van der Waals surface area contributed by atoms with Gasteiger partial charge in [-0.25, -0.2) is 4.79 Å². The van der Waals surface area contributed by atoms with Gasteiger partial charge in [0.05, 0.1) is 12.6 Å². The van der Waals surface area contributed by atoms with Crippen molar-refractivity contribution < 1.29 is 9.53 Å². The van der Waals surface area contributed by atoms with Gasteiger partial charge in [0.25, 0.3) is 0 Å². The molecule has 1 atom stereocenters. The van der Waals surface area contributed by atoms with Crippen molar-refractivity contribution in [2.24, 2.45) is 5.92 Å². The molecule has 0 spiro atoms. The molecular weight excluding hydrogens is 260 g/mol. The summed E-state index contributed by atoms with van der Waals surface area (Å²) in [7, 11) is 1.67. The Hall–Kier alpha value is -1.07. The smallest absolute Gasteiger partial charge is 0.317 e. The van der Waals surface area contributed by atoms with E-state index in [0.717, 1.165) is 6.54 Å². The van der Waals surface area contributed by atoms with Crippen LogP contribution in [0.1, 0.15) is 30.7 Å². The Labute approximate surface area is 118 Å². The second kappa shape index (κ2) is 6.91. The summed E-state index contributed by atoms with van der Waals surface area (Å²) in [6.45, 7) is 4.13. The van der Waals surface area contributed by atoms with Gasteiger partial charge in [-0.15, -0.1) is 11.3 Å². The number of nitrogens with zero attached hydrogens (tertiary/aromatic N) is 1. The zero-order valence-corrected chi connectivity index (χ0v) is 12.4. The van der Waals surface area contributed by atoms with Crippen molar-refractivity contribution in [3.63, 3.8) is 0 Å². The zero-order valence-electron chi connectivity index (χ0n) is 11.6. The minimum Gasteiger partial charge on any atom is -0.383 e. The standard InChI is InChI=1S/C14H22N2O2S/c1-11(13-4-3-9-19-13)15-14(17)16(7-8-18-2)10-12-5-6-12/h3-4,9,11-12H,5-8,10H2,1-2H3,(H,15,17)/t11-/m0/s1. The number of hydrogen-bond donors (Lipinski definition) is 1. The molecule has 1 saturated carbocycles. The fourth-order valence-corrected chi connectivity index (χ4v) is 2.71. The first-order chi connectivity index (χ1) is 9.20. The summed E-state index contributed by atoms with van der Waals surface area (Å²) in [4.78, 5) is 15.3. The maximum Gasteiger partial charge on any atom is 0.317 e. The molecule has 1 aromatic heterocycles. The van der Waals surface area contributed by atoms with E-state index in [2.05, 4.69) is 11.4 Å². The lowest BCUT2D eigenvalue weighted by molar-refractivity contribution is 0.145.